The summed E-state index contributed by atoms with van der Waals surface area (Å²) in [5, 5.41) is 0. The highest BCUT2D eigenvalue weighted by atomic mass is 15.4. The molecule has 31 heavy (non-hydrogen) atoms. The topological polar surface area (TPSA) is 6.48 Å². The van der Waals surface area contributed by atoms with Crippen LogP contribution in [0.2, 0.25) is 0 Å². The Kier molecular flexibility index (Phi) is 19.4. The molecule has 0 aliphatic carbocycles. The molecule has 1 atom stereocenters. The average Bonchev–Trinajstić information content (AvgIpc) is 3.12. The summed E-state index contributed by atoms with van der Waals surface area (Å²) in [7, 11) is 2.25. The molecule has 1 rings (SSSR count). The molecule has 0 N–H and O–H groups in total. The van der Waals surface area contributed by atoms with Crippen LogP contribution >= 0.6 is 0 Å². The largest absolute Gasteiger partial charge is 0.359 e. The zero-order valence-electron chi connectivity index (χ0n) is 21.9. The van der Waals surface area contributed by atoms with Crippen molar-refractivity contribution in [3.63, 3.8) is 0 Å². The van der Waals surface area contributed by atoms with Crippen molar-refractivity contribution in [1.82, 2.24) is 9.80 Å². The fourth-order valence-corrected chi connectivity index (χ4v) is 4.99. The summed E-state index contributed by atoms with van der Waals surface area (Å²) in [5.74, 6) is 0. The third-order valence-electron chi connectivity index (χ3n) is 7.18. The monoisotopic (exact) mass is 434 g/mol. The summed E-state index contributed by atoms with van der Waals surface area (Å²) in [5.41, 5.74) is 0. The minimum absolute atomic E-state index is 0.623. The molecule has 1 aliphatic rings. The van der Waals surface area contributed by atoms with E-state index >= 15 is 0 Å². The van der Waals surface area contributed by atoms with E-state index in [9.17, 15) is 0 Å². The first-order valence-electron chi connectivity index (χ1n) is 14.5. The summed E-state index contributed by atoms with van der Waals surface area (Å²) >= 11 is 0. The van der Waals surface area contributed by atoms with Crippen LogP contribution in [-0.4, -0.2) is 29.6 Å². The van der Waals surface area contributed by atoms with Crippen LogP contribution in [0.15, 0.2) is 12.4 Å². The van der Waals surface area contributed by atoms with Gasteiger partial charge in [0.25, 0.3) is 0 Å². The van der Waals surface area contributed by atoms with E-state index in [2.05, 4.69) is 43.1 Å². The summed E-state index contributed by atoms with van der Waals surface area (Å²) in [6, 6.07) is 0. The molecule has 0 fully saturated rings. The SMILES string of the molecule is CCCCCCCCCCCCCCCCCCCC1N(C)C=CN1CCCCCC. The molecule has 0 saturated heterocycles. The molecule has 2 heteroatoms. The Morgan fingerprint density at radius 2 is 0.871 bits per heavy atom. The lowest BCUT2D eigenvalue weighted by Crippen LogP contribution is -2.37. The smallest absolute Gasteiger partial charge is 0.100 e. The second kappa shape index (κ2) is 21.2. The molecule has 0 aromatic heterocycles. The highest BCUT2D eigenvalue weighted by Crippen LogP contribution is 2.21. The van der Waals surface area contributed by atoms with Crippen LogP contribution in [0.5, 0.6) is 0 Å². The van der Waals surface area contributed by atoms with Gasteiger partial charge in [-0.15, -0.1) is 0 Å². The molecule has 0 spiro atoms. The van der Waals surface area contributed by atoms with Crippen molar-refractivity contribution in [3.05, 3.63) is 12.4 Å². The zero-order valence-corrected chi connectivity index (χ0v) is 21.9. The minimum Gasteiger partial charge on any atom is -0.359 e. The van der Waals surface area contributed by atoms with E-state index < -0.39 is 0 Å². The van der Waals surface area contributed by atoms with Crippen LogP contribution in [0.1, 0.15) is 155 Å². The molecule has 1 unspecified atom stereocenters. The van der Waals surface area contributed by atoms with E-state index in [-0.39, 0.29) is 0 Å². The van der Waals surface area contributed by atoms with Gasteiger partial charge >= 0.3 is 0 Å². The van der Waals surface area contributed by atoms with E-state index in [1.165, 1.54) is 148 Å². The number of unbranched alkanes of at least 4 members (excludes halogenated alkanes) is 19. The maximum atomic E-state index is 2.59. The van der Waals surface area contributed by atoms with Gasteiger partial charge in [-0.05, 0) is 19.3 Å². The lowest BCUT2D eigenvalue weighted by molar-refractivity contribution is 0.159. The van der Waals surface area contributed by atoms with Crippen molar-refractivity contribution in [2.75, 3.05) is 13.6 Å². The van der Waals surface area contributed by atoms with Gasteiger partial charge < -0.3 is 9.80 Å². The van der Waals surface area contributed by atoms with Gasteiger partial charge in [-0.1, -0.05) is 136 Å². The van der Waals surface area contributed by atoms with Crippen LogP contribution in [0, 0.1) is 0 Å². The fourth-order valence-electron chi connectivity index (χ4n) is 4.99. The highest BCUT2D eigenvalue weighted by molar-refractivity contribution is 4.95. The van der Waals surface area contributed by atoms with E-state index in [0.717, 1.165) is 0 Å². The normalized spacial score (nSPS) is 16.0. The Balaban J connectivity index is 1.83. The van der Waals surface area contributed by atoms with Gasteiger partial charge in [-0.25, -0.2) is 0 Å². The van der Waals surface area contributed by atoms with Gasteiger partial charge in [0, 0.05) is 26.0 Å². The second-order valence-electron chi connectivity index (χ2n) is 10.2. The van der Waals surface area contributed by atoms with Gasteiger partial charge in [0.2, 0.25) is 0 Å². The van der Waals surface area contributed by atoms with Crippen LogP contribution < -0.4 is 0 Å². The third kappa shape index (κ3) is 15.7. The van der Waals surface area contributed by atoms with Crippen molar-refractivity contribution in [1.29, 1.82) is 0 Å². The first-order chi connectivity index (χ1) is 15.3. The second-order valence-corrected chi connectivity index (χ2v) is 10.2. The van der Waals surface area contributed by atoms with Crippen molar-refractivity contribution in [2.45, 2.75) is 161 Å². The highest BCUT2D eigenvalue weighted by Gasteiger charge is 2.22. The van der Waals surface area contributed by atoms with Gasteiger partial charge in [-0.3, -0.25) is 0 Å². The number of hydrogen-bond acceptors (Lipinski definition) is 2. The number of nitrogens with zero attached hydrogens (tertiary/aromatic N) is 2. The van der Waals surface area contributed by atoms with Crippen molar-refractivity contribution >= 4 is 0 Å². The Morgan fingerprint density at radius 3 is 1.32 bits per heavy atom. The fraction of sp³-hybridized carbons (Fsp3) is 0.931. The predicted molar refractivity (Wildman–Crippen MR) is 140 cm³/mol. The molecule has 0 radical (unpaired) electrons. The zero-order chi connectivity index (χ0) is 22.4. The molecule has 0 aromatic carbocycles. The van der Waals surface area contributed by atoms with Crippen LogP contribution in [0.3, 0.4) is 0 Å². The Labute approximate surface area is 197 Å². The van der Waals surface area contributed by atoms with Gasteiger partial charge in [0.05, 0.1) is 0 Å². The molecule has 0 bridgehead atoms. The summed E-state index contributed by atoms with van der Waals surface area (Å²) in [6.45, 7) is 5.84. The first-order valence-corrected chi connectivity index (χ1v) is 14.5. The third-order valence-corrected chi connectivity index (χ3v) is 7.18. The maximum absolute atomic E-state index is 2.59. The quantitative estimate of drug-likeness (QED) is 0.148. The Morgan fingerprint density at radius 1 is 0.484 bits per heavy atom. The van der Waals surface area contributed by atoms with E-state index in [1.54, 1.807) is 0 Å². The maximum Gasteiger partial charge on any atom is 0.100 e. The Bertz CT molecular complexity index is 392. The number of hydrogen-bond donors (Lipinski definition) is 0. The lowest BCUT2D eigenvalue weighted by Gasteiger charge is -2.30. The average molecular weight is 435 g/mol. The molecule has 0 saturated carbocycles. The van der Waals surface area contributed by atoms with Gasteiger partial charge in [-0.2, -0.15) is 0 Å². The lowest BCUT2D eigenvalue weighted by atomic mass is 10.0. The van der Waals surface area contributed by atoms with E-state index in [1.807, 2.05) is 0 Å². The van der Waals surface area contributed by atoms with Crippen LogP contribution in [0.4, 0.5) is 0 Å². The van der Waals surface area contributed by atoms with Crippen molar-refractivity contribution in [3.8, 4) is 0 Å². The van der Waals surface area contributed by atoms with Gasteiger partial charge in [0.15, 0.2) is 0 Å². The standard InChI is InChI=1S/C29H58N2/c1-4-6-8-10-11-12-13-14-15-16-17-18-19-20-21-22-23-25-29-30(3)27-28-31(29)26-24-9-7-5-2/h27-29H,4-26H2,1-3H3. The Hall–Kier alpha value is -0.660. The summed E-state index contributed by atoms with van der Waals surface area (Å²) in [6.07, 6.45) is 36.7. The van der Waals surface area contributed by atoms with E-state index in [0.29, 0.717) is 6.17 Å². The summed E-state index contributed by atoms with van der Waals surface area (Å²) < 4.78 is 0. The molecule has 2 nitrogen and oxygen atoms in total. The molecular formula is C29H58N2. The molecule has 0 aromatic rings. The minimum atomic E-state index is 0.623. The van der Waals surface area contributed by atoms with E-state index in [4.69, 9.17) is 0 Å². The molecule has 1 heterocycles. The molecular weight excluding hydrogens is 376 g/mol. The molecule has 1 aliphatic heterocycles. The van der Waals surface area contributed by atoms with Crippen LogP contribution in [0.25, 0.3) is 0 Å². The predicted octanol–water partition coefficient (Wildman–Crippen LogP) is 9.65. The van der Waals surface area contributed by atoms with Gasteiger partial charge in [0.1, 0.15) is 6.17 Å². The molecule has 184 valence electrons. The molecule has 0 amide bonds. The van der Waals surface area contributed by atoms with Crippen molar-refractivity contribution < 1.29 is 0 Å². The van der Waals surface area contributed by atoms with Crippen molar-refractivity contribution in [2.24, 2.45) is 0 Å². The van der Waals surface area contributed by atoms with Crippen LogP contribution in [-0.2, 0) is 0 Å². The first kappa shape index (κ1) is 28.4. The summed E-state index contributed by atoms with van der Waals surface area (Å²) in [4.78, 5) is 5.01. The number of rotatable bonds is 23.